The third kappa shape index (κ3) is 5.63. The number of likely N-dealkylation sites (N-methyl/N-ethyl adjacent to an activating group) is 1. The summed E-state index contributed by atoms with van der Waals surface area (Å²) in [5.74, 6) is -1.87. The second-order valence-corrected chi connectivity index (χ2v) is 3.16. The molecule has 0 aromatic heterocycles. The Balaban J connectivity index is 3.96. The average molecular weight is 217 g/mol. The van der Waals surface area contributed by atoms with Gasteiger partial charge in [-0.05, 0) is 14.0 Å². The van der Waals surface area contributed by atoms with E-state index in [4.69, 9.17) is 5.11 Å². The third-order valence-electron chi connectivity index (χ3n) is 1.79. The van der Waals surface area contributed by atoms with Crippen LogP contribution in [0.2, 0.25) is 0 Å². The summed E-state index contributed by atoms with van der Waals surface area (Å²) >= 11 is 0. The Morgan fingerprint density at radius 1 is 1.33 bits per heavy atom. The van der Waals surface area contributed by atoms with Crippen molar-refractivity contribution in [2.75, 3.05) is 13.6 Å². The van der Waals surface area contributed by atoms with Crippen molar-refractivity contribution in [3.05, 3.63) is 0 Å². The molecule has 15 heavy (non-hydrogen) atoms. The highest BCUT2D eigenvalue weighted by molar-refractivity contribution is 5.82. The van der Waals surface area contributed by atoms with Gasteiger partial charge in [-0.2, -0.15) is 0 Å². The molecule has 0 radical (unpaired) electrons. The number of hydrazine groups is 1. The molecular weight excluding hydrogens is 202 g/mol. The van der Waals surface area contributed by atoms with Gasteiger partial charge in [-0.1, -0.05) is 0 Å². The number of hydrogen-bond donors (Lipinski definition) is 3. The summed E-state index contributed by atoms with van der Waals surface area (Å²) < 4.78 is 0. The van der Waals surface area contributed by atoms with Crippen LogP contribution in [-0.4, -0.2) is 47.4 Å². The average Bonchev–Trinajstić information content (AvgIpc) is 2.13. The van der Waals surface area contributed by atoms with Crippen molar-refractivity contribution in [1.29, 1.82) is 0 Å². The molecule has 0 aromatic rings. The quantitative estimate of drug-likeness (QED) is 0.501. The largest absolute Gasteiger partial charge is 0.480 e. The molecule has 0 aromatic carbocycles. The van der Waals surface area contributed by atoms with Gasteiger partial charge in [-0.15, -0.1) is 0 Å². The highest BCUT2D eigenvalue weighted by Gasteiger charge is 2.18. The summed E-state index contributed by atoms with van der Waals surface area (Å²) in [4.78, 5) is 33.5. The van der Waals surface area contributed by atoms with Crippen LogP contribution in [0.3, 0.4) is 0 Å². The van der Waals surface area contributed by atoms with Crippen LogP contribution < -0.4 is 10.9 Å². The standard InChI is InChI=1S/C8H15N3O4/c1-5(8(14)15)11(3)4-7(13)10-9-6(2)12/h5H,4H2,1-3H3,(H,9,12)(H,10,13)(H,14,15). The first kappa shape index (κ1) is 13.4. The van der Waals surface area contributed by atoms with E-state index in [0.717, 1.165) is 0 Å². The molecule has 1 atom stereocenters. The van der Waals surface area contributed by atoms with Crippen molar-refractivity contribution in [2.24, 2.45) is 0 Å². The van der Waals surface area contributed by atoms with Crippen molar-refractivity contribution in [2.45, 2.75) is 19.9 Å². The fourth-order valence-corrected chi connectivity index (χ4v) is 0.749. The lowest BCUT2D eigenvalue weighted by Crippen LogP contribution is -2.47. The maximum absolute atomic E-state index is 11.1. The van der Waals surface area contributed by atoms with E-state index in [9.17, 15) is 14.4 Å². The molecule has 2 amide bonds. The van der Waals surface area contributed by atoms with E-state index in [-0.39, 0.29) is 6.54 Å². The Morgan fingerprint density at radius 2 is 1.87 bits per heavy atom. The molecule has 0 saturated carbocycles. The molecule has 0 aliphatic rings. The van der Waals surface area contributed by atoms with Crippen LogP contribution in [0, 0.1) is 0 Å². The van der Waals surface area contributed by atoms with Crippen LogP contribution in [0.25, 0.3) is 0 Å². The number of nitrogens with zero attached hydrogens (tertiary/aromatic N) is 1. The first-order valence-corrected chi connectivity index (χ1v) is 4.33. The summed E-state index contributed by atoms with van der Waals surface area (Å²) in [7, 11) is 1.51. The first-order chi connectivity index (χ1) is 6.84. The fraction of sp³-hybridized carbons (Fsp3) is 0.625. The first-order valence-electron chi connectivity index (χ1n) is 4.33. The van der Waals surface area contributed by atoms with Gasteiger partial charge in [0.15, 0.2) is 0 Å². The van der Waals surface area contributed by atoms with Crippen LogP contribution in [0.1, 0.15) is 13.8 Å². The Hall–Kier alpha value is -1.63. The summed E-state index contributed by atoms with van der Waals surface area (Å²) in [5.41, 5.74) is 4.24. The minimum absolute atomic E-state index is 0.103. The minimum atomic E-state index is -1.01. The van der Waals surface area contributed by atoms with E-state index in [2.05, 4.69) is 10.9 Å². The van der Waals surface area contributed by atoms with Crippen LogP contribution in [0.15, 0.2) is 0 Å². The highest BCUT2D eigenvalue weighted by Crippen LogP contribution is 1.93. The van der Waals surface area contributed by atoms with E-state index < -0.39 is 23.8 Å². The number of rotatable bonds is 4. The second kappa shape index (κ2) is 5.97. The van der Waals surface area contributed by atoms with Gasteiger partial charge < -0.3 is 5.11 Å². The number of carboxylic acids is 1. The van der Waals surface area contributed by atoms with Crippen LogP contribution in [-0.2, 0) is 14.4 Å². The van der Waals surface area contributed by atoms with Crippen molar-refractivity contribution >= 4 is 17.8 Å². The topological polar surface area (TPSA) is 98.7 Å². The van der Waals surface area contributed by atoms with Crippen LogP contribution in [0.5, 0.6) is 0 Å². The maximum atomic E-state index is 11.1. The molecule has 0 heterocycles. The van der Waals surface area contributed by atoms with Gasteiger partial charge in [0.2, 0.25) is 5.91 Å². The Bertz CT molecular complexity index is 267. The predicted molar refractivity (Wildman–Crippen MR) is 51.7 cm³/mol. The smallest absolute Gasteiger partial charge is 0.320 e. The number of amides is 2. The highest BCUT2D eigenvalue weighted by atomic mass is 16.4. The number of hydrogen-bond acceptors (Lipinski definition) is 4. The SMILES string of the molecule is CC(=O)NNC(=O)CN(C)C(C)C(=O)O. The molecule has 0 spiro atoms. The lowest BCUT2D eigenvalue weighted by molar-refractivity contribution is -0.142. The molecule has 0 saturated heterocycles. The molecule has 3 N–H and O–H groups in total. The Kier molecular flexibility index (Phi) is 5.32. The summed E-state index contributed by atoms with van der Waals surface area (Å²) in [6.45, 7) is 2.62. The van der Waals surface area contributed by atoms with Crippen molar-refractivity contribution in [3.8, 4) is 0 Å². The second-order valence-electron chi connectivity index (χ2n) is 3.16. The van der Waals surface area contributed by atoms with Gasteiger partial charge in [0, 0.05) is 6.92 Å². The number of carbonyl (C=O) groups is 3. The van der Waals surface area contributed by atoms with E-state index in [1.54, 1.807) is 0 Å². The van der Waals surface area contributed by atoms with Gasteiger partial charge in [0.1, 0.15) is 6.04 Å². The molecule has 7 heteroatoms. The maximum Gasteiger partial charge on any atom is 0.320 e. The zero-order valence-corrected chi connectivity index (χ0v) is 8.90. The van der Waals surface area contributed by atoms with E-state index >= 15 is 0 Å². The normalized spacial score (nSPS) is 12.0. The molecule has 7 nitrogen and oxygen atoms in total. The number of carbonyl (C=O) groups excluding carboxylic acids is 2. The molecule has 1 unspecified atom stereocenters. The molecular formula is C8H15N3O4. The zero-order chi connectivity index (χ0) is 12.0. The minimum Gasteiger partial charge on any atom is -0.480 e. The summed E-state index contributed by atoms with van der Waals surface area (Å²) in [6, 6.07) is -0.756. The van der Waals surface area contributed by atoms with E-state index in [0.29, 0.717) is 0 Å². The van der Waals surface area contributed by atoms with Gasteiger partial charge >= 0.3 is 5.97 Å². The van der Waals surface area contributed by atoms with Gasteiger partial charge in [0.25, 0.3) is 5.91 Å². The van der Waals surface area contributed by atoms with Gasteiger partial charge in [-0.25, -0.2) is 0 Å². The monoisotopic (exact) mass is 217 g/mol. The molecule has 86 valence electrons. The summed E-state index contributed by atoms with van der Waals surface area (Å²) in [6.07, 6.45) is 0. The fourth-order valence-electron chi connectivity index (χ4n) is 0.749. The van der Waals surface area contributed by atoms with Crippen LogP contribution in [0.4, 0.5) is 0 Å². The predicted octanol–water partition coefficient (Wildman–Crippen LogP) is -1.44. The molecule has 0 fully saturated rings. The number of carboxylic acid groups (broad SMARTS) is 1. The number of aliphatic carboxylic acids is 1. The van der Waals surface area contributed by atoms with E-state index in [1.807, 2.05) is 0 Å². The van der Waals surface area contributed by atoms with Crippen LogP contribution >= 0.6 is 0 Å². The van der Waals surface area contributed by atoms with Crippen molar-refractivity contribution in [1.82, 2.24) is 15.8 Å². The summed E-state index contributed by atoms with van der Waals surface area (Å²) in [5, 5.41) is 8.64. The lowest BCUT2D eigenvalue weighted by atomic mass is 10.3. The van der Waals surface area contributed by atoms with E-state index in [1.165, 1.54) is 25.8 Å². The zero-order valence-electron chi connectivity index (χ0n) is 8.90. The Labute approximate surface area is 87.4 Å². The van der Waals surface area contributed by atoms with Gasteiger partial charge in [-0.3, -0.25) is 30.1 Å². The lowest BCUT2D eigenvalue weighted by Gasteiger charge is -2.20. The molecule has 0 aliphatic heterocycles. The van der Waals surface area contributed by atoms with Crippen molar-refractivity contribution < 1.29 is 19.5 Å². The molecule has 0 aliphatic carbocycles. The molecule has 0 bridgehead atoms. The number of nitrogens with one attached hydrogen (secondary N) is 2. The third-order valence-corrected chi connectivity index (χ3v) is 1.79. The van der Waals surface area contributed by atoms with Crippen molar-refractivity contribution in [3.63, 3.8) is 0 Å². The molecule has 0 rings (SSSR count). The Morgan fingerprint density at radius 3 is 2.27 bits per heavy atom. The van der Waals surface area contributed by atoms with Gasteiger partial charge in [0.05, 0.1) is 6.54 Å².